The summed E-state index contributed by atoms with van der Waals surface area (Å²) in [6.45, 7) is 4.16. The van der Waals surface area contributed by atoms with Crippen molar-refractivity contribution < 1.29 is 4.74 Å². The van der Waals surface area contributed by atoms with Crippen molar-refractivity contribution in [2.24, 2.45) is 5.41 Å². The predicted octanol–water partition coefficient (Wildman–Crippen LogP) is 3.71. The Labute approximate surface area is 124 Å². The zero-order valence-corrected chi connectivity index (χ0v) is 12.9. The fraction of sp³-hybridized carbons (Fsp3) is 0.625. The highest BCUT2D eigenvalue weighted by Crippen LogP contribution is 2.48. The first-order valence-corrected chi connectivity index (χ1v) is 8.13. The standard InChI is InChI=1S/C16H22BrNO/c17-14-4-2-13(3-5-14)15-12-18-9-7-16(15)6-1-10-19-11-8-16/h2-5,15,18H,1,6-12H2. The first-order valence-electron chi connectivity index (χ1n) is 7.34. The number of piperidine rings is 1. The Hall–Kier alpha value is -0.380. The molecule has 2 aliphatic heterocycles. The van der Waals surface area contributed by atoms with Crippen molar-refractivity contribution in [3.8, 4) is 0 Å². The molecule has 1 spiro atoms. The quantitative estimate of drug-likeness (QED) is 0.850. The summed E-state index contributed by atoms with van der Waals surface area (Å²) in [5.41, 5.74) is 1.94. The molecule has 3 heteroatoms. The van der Waals surface area contributed by atoms with Gasteiger partial charge in [0, 0.05) is 30.1 Å². The molecular formula is C16H22BrNO. The van der Waals surface area contributed by atoms with Gasteiger partial charge in [-0.25, -0.2) is 0 Å². The summed E-state index contributed by atoms with van der Waals surface area (Å²) in [4.78, 5) is 0. The van der Waals surface area contributed by atoms with Gasteiger partial charge in [-0.1, -0.05) is 28.1 Å². The lowest BCUT2D eigenvalue weighted by atomic mass is 9.64. The summed E-state index contributed by atoms with van der Waals surface area (Å²) in [6, 6.07) is 8.92. The third-order valence-electron chi connectivity index (χ3n) is 4.87. The van der Waals surface area contributed by atoms with E-state index in [1.807, 2.05) is 0 Å². The number of rotatable bonds is 1. The molecule has 0 saturated carbocycles. The number of hydrogen-bond donors (Lipinski definition) is 1. The van der Waals surface area contributed by atoms with Crippen LogP contribution in [0.25, 0.3) is 0 Å². The fourth-order valence-electron chi connectivity index (χ4n) is 3.77. The van der Waals surface area contributed by atoms with E-state index in [0.29, 0.717) is 11.3 Å². The van der Waals surface area contributed by atoms with E-state index < -0.39 is 0 Å². The first kappa shape index (κ1) is 13.6. The molecule has 1 aromatic carbocycles. The molecule has 2 nitrogen and oxygen atoms in total. The van der Waals surface area contributed by atoms with Gasteiger partial charge >= 0.3 is 0 Å². The minimum atomic E-state index is 0.454. The SMILES string of the molecule is Brc1ccc(C2CNCCC23CCCOCC3)cc1. The van der Waals surface area contributed by atoms with E-state index in [9.17, 15) is 0 Å². The Balaban J connectivity index is 1.89. The Kier molecular flexibility index (Phi) is 4.25. The van der Waals surface area contributed by atoms with E-state index >= 15 is 0 Å². The zero-order chi connectivity index (χ0) is 13.1. The molecule has 2 aliphatic rings. The second kappa shape index (κ2) is 5.94. The van der Waals surface area contributed by atoms with Crippen LogP contribution in [0, 0.1) is 5.41 Å². The summed E-state index contributed by atoms with van der Waals surface area (Å²) in [6.07, 6.45) is 5.04. The number of hydrogen-bond acceptors (Lipinski definition) is 2. The van der Waals surface area contributed by atoms with Crippen molar-refractivity contribution in [1.82, 2.24) is 5.32 Å². The van der Waals surface area contributed by atoms with E-state index in [4.69, 9.17) is 4.74 Å². The highest BCUT2D eigenvalue weighted by atomic mass is 79.9. The van der Waals surface area contributed by atoms with E-state index in [1.54, 1.807) is 0 Å². The van der Waals surface area contributed by atoms with Crippen molar-refractivity contribution in [2.75, 3.05) is 26.3 Å². The van der Waals surface area contributed by atoms with E-state index in [-0.39, 0.29) is 0 Å². The minimum Gasteiger partial charge on any atom is -0.381 e. The van der Waals surface area contributed by atoms with Crippen LogP contribution in [0.4, 0.5) is 0 Å². The molecule has 2 atom stereocenters. The van der Waals surface area contributed by atoms with E-state index in [0.717, 1.165) is 26.3 Å². The average molecular weight is 324 g/mol. The molecule has 0 amide bonds. The number of halogens is 1. The third-order valence-corrected chi connectivity index (χ3v) is 5.40. The van der Waals surface area contributed by atoms with Crippen molar-refractivity contribution in [3.63, 3.8) is 0 Å². The smallest absolute Gasteiger partial charge is 0.0471 e. The van der Waals surface area contributed by atoms with Gasteiger partial charge in [-0.2, -0.15) is 0 Å². The molecule has 2 saturated heterocycles. The van der Waals surface area contributed by atoms with Gasteiger partial charge in [-0.15, -0.1) is 0 Å². The minimum absolute atomic E-state index is 0.454. The molecule has 1 aromatic rings. The Bertz CT molecular complexity index is 409. The van der Waals surface area contributed by atoms with Crippen molar-refractivity contribution >= 4 is 15.9 Å². The second-order valence-corrected chi connectivity index (χ2v) is 6.80. The zero-order valence-electron chi connectivity index (χ0n) is 11.3. The molecule has 0 bridgehead atoms. The van der Waals surface area contributed by atoms with Crippen LogP contribution >= 0.6 is 15.9 Å². The molecule has 0 aromatic heterocycles. The van der Waals surface area contributed by atoms with Crippen molar-refractivity contribution in [3.05, 3.63) is 34.3 Å². The fourth-order valence-corrected chi connectivity index (χ4v) is 4.03. The lowest BCUT2D eigenvalue weighted by molar-refractivity contribution is 0.104. The highest BCUT2D eigenvalue weighted by Gasteiger charge is 2.41. The first-order chi connectivity index (χ1) is 9.30. The van der Waals surface area contributed by atoms with E-state index in [1.165, 1.54) is 35.7 Å². The summed E-state index contributed by atoms with van der Waals surface area (Å²) in [5, 5.41) is 3.59. The highest BCUT2D eigenvalue weighted by molar-refractivity contribution is 9.10. The van der Waals surface area contributed by atoms with Crippen LogP contribution in [0.1, 0.15) is 37.2 Å². The molecule has 19 heavy (non-hydrogen) atoms. The Morgan fingerprint density at radius 3 is 2.79 bits per heavy atom. The predicted molar refractivity (Wildman–Crippen MR) is 81.5 cm³/mol. The summed E-state index contributed by atoms with van der Waals surface area (Å²) >= 11 is 3.53. The molecule has 2 unspecified atom stereocenters. The third kappa shape index (κ3) is 2.88. The summed E-state index contributed by atoms with van der Waals surface area (Å²) in [5.74, 6) is 0.635. The lowest BCUT2D eigenvalue weighted by Crippen LogP contribution is -2.43. The maximum absolute atomic E-state index is 5.70. The number of nitrogens with one attached hydrogen (secondary N) is 1. The summed E-state index contributed by atoms with van der Waals surface area (Å²) < 4.78 is 6.86. The normalized spacial score (nSPS) is 32.2. The van der Waals surface area contributed by atoms with Crippen LogP contribution < -0.4 is 5.32 Å². The maximum Gasteiger partial charge on any atom is 0.0471 e. The van der Waals surface area contributed by atoms with Gasteiger partial charge in [-0.05, 0) is 55.3 Å². The maximum atomic E-state index is 5.70. The summed E-state index contributed by atoms with van der Waals surface area (Å²) in [7, 11) is 0. The molecule has 104 valence electrons. The molecule has 1 N–H and O–H groups in total. The largest absolute Gasteiger partial charge is 0.381 e. The van der Waals surface area contributed by atoms with E-state index in [2.05, 4.69) is 45.5 Å². The van der Waals surface area contributed by atoms with Gasteiger partial charge in [0.2, 0.25) is 0 Å². The van der Waals surface area contributed by atoms with Gasteiger partial charge in [0.25, 0.3) is 0 Å². The van der Waals surface area contributed by atoms with Gasteiger partial charge in [0.05, 0.1) is 0 Å². The van der Waals surface area contributed by atoms with Gasteiger partial charge in [-0.3, -0.25) is 0 Å². The monoisotopic (exact) mass is 323 g/mol. The van der Waals surface area contributed by atoms with Crippen molar-refractivity contribution in [1.29, 1.82) is 0 Å². The van der Waals surface area contributed by atoms with Crippen LogP contribution in [0.3, 0.4) is 0 Å². The lowest BCUT2D eigenvalue weighted by Gasteiger charge is -2.44. The average Bonchev–Trinajstić information content (AvgIpc) is 2.67. The van der Waals surface area contributed by atoms with Crippen LogP contribution in [0.15, 0.2) is 28.7 Å². The number of ether oxygens (including phenoxy) is 1. The van der Waals surface area contributed by atoms with Gasteiger partial charge in [0.15, 0.2) is 0 Å². The Morgan fingerprint density at radius 2 is 1.95 bits per heavy atom. The number of benzene rings is 1. The van der Waals surface area contributed by atoms with Crippen molar-refractivity contribution in [2.45, 2.75) is 31.6 Å². The topological polar surface area (TPSA) is 21.3 Å². The Morgan fingerprint density at radius 1 is 1.11 bits per heavy atom. The van der Waals surface area contributed by atoms with Crippen LogP contribution in [0.2, 0.25) is 0 Å². The van der Waals surface area contributed by atoms with Crippen LogP contribution in [-0.4, -0.2) is 26.3 Å². The molecule has 2 fully saturated rings. The molecule has 3 rings (SSSR count). The van der Waals surface area contributed by atoms with Crippen LogP contribution in [-0.2, 0) is 4.74 Å². The van der Waals surface area contributed by atoms with Gasteiger partial charge < -0.3 is 10.1 Å². The molecule has 0 radical (unpaired) electrons. The molecular weight excluding hydrogens is 302 g/mol. The second-order valence-electron chi connectivity index (χ2n) is 5.89. The van der Waals surface area contributed by atoms with Gasteiger partial charge in [0.1, 0.15) is 0 Å². The molecule has 2 heterocycles. The molecule has 0 aliphatic carbocycles. The van der Waals surface area contributed by atoms with Crippen LogP contribution in [0.5, 0.6) is 0 Å².